The van der Waals surface area contributed by atoms with Gasteiger partial charge in [0.15, 0.2) is 0 Å². The van der Waals surface area contributed by atoms with Crippen molar-refractivity contribution in [1.82, 2.24) is 10.3 Å². The van der Waals surface area contributed by atoms with Crippen molar-refractivity contribution in [3.63, 3.8) is 0 Å². The number of anilines is 3. The van der Waals surface area contributed by atoms with Crippen LogP contribution in [0, 0.1) is 0 Å². The average Bonchev–Trinajstić information content (AvgIpc) is 2.67. The highest BCUT2D eigenvalue weighted by Crippen LogP contribution is 2.20. The lowest BCUT2D eigenvalue weighted by Crippen LogP contribution is -2.23. The Hall–Kier alpha value is -3.38. The monoisotopic (exact) mass is 394 g/mol. The molecule has 0 aliphatic heterocycles. The molecule has 0 atom stereocenters. The fourth-order valence-electron chi connectivity index (χ4n) is 2.60. The van der Waals surface area contributed by atoms with E-state index in [1.54, 1.807) is 30.5 Å². The maximum Gasteiger partial charge on any atom is 0.253 e. The lowest BCUT2D eigenvalue weighted by Gasteiger charge is -2.10. The molecule has 3 aromatic rings. The van der Waals surface area contributed by atoms with Crippen LogP contribution < -0.4 is 16.0 Å². The van der Waals surface area contributed by atoms with Crippen LogP contribution in [0.2, 0.25) is 5.02 Å². The summed E-state index contributed by atoms with van der Waals surface area (Å²) in [5.41, 5.74) is 3.37. The highest BCUT2D eigenvalue weighted by Gasteiger charge is 2.08. The molecule has 0 saturated carbocycles. The topological polar surface area (TPSA) is 83.1 Å². The van der Waals surface area contributed by atoms with Gasteiger partial charge in [0.2, 0.25) is 5.91 Å². The Kier molecular flexibility index (Phi) is 6.24. The van der Waals surface area contributed by atoms with Gasteiger partial charge in [-0.05, 0) is 35.9 Å². The van der Waals surface area contributed by atoms with E-state index < -0.39 is 0 Å². The predicted octanol–water partition coefficient (Wildman–Crippen LogP) is 4.37. The van der Waals surface area contributed by atoms with Gasteiger partial charge in [0, 0.05) is 36.1 Å². The maximum absolute atomic E-state index is 12.4. The second-order valence-electron chi connectivity index (χ2n) is 6.12. The third-order valence-corrected chi connectivity index (χ3v) is 4.24. The minimum absolute atomic E-state index is 0.143. The van der Waals surface area contributed by atoms with Gasteiger partial charge in [-0.3, -0.25) is 14.6 Å². The van der Waals surface area contributed by atoms with E-state index in [-0.39, 0.29) is 11.8 Å². The quantitative estimate of drug-likeness (QED) is 0.579. The first-order valence-corrected chi connectivity index (χ1v) is 9.00. The summed E-state index contributed by atoms with van der Waals surface area (Å²) in [4.78, 5) is 27.8. The standard InChI is InChI=1S/C21H19ClN4O2/c1-14(27)25-17-6-4-7-18(10-17)26-19-9-16(11-23-13-19)21(28)24-12-15-5-2-3-8-20(15)22/h2-11,13,26H,12H2,1H3,(H,24,28)(H,25,27). The van der Waals surface area contributed by atoms with Crippen LogP contribution in [0.1, 0.15) is 22.8 Å². The molecule has 0 fully saturated rings. The Balaban J connectivity index is 1.67. The fourth-order valence-corrected chi connectivity index (χ4v) is 2.80. The second kappa shape index (κ2) is 9.01. The molecule has 0 aliphatic carbocycles. The molecule has 0 aliphatic rings. The molecule has 0 bridgehead atoms. The number of halogens is 1. The first-order chi connectivity index (χ1) is 13.5. The number of rotatable bonds is 6. The number of nitrogens with zero attached hydrogens (tertiary/aromatic N) is 1. The molecule has 142 valence electrons. The normalized spacial score (nSPS) is 10.2. The fraction of sp³-hybridized carbons (Fsp3) is 0.0952. The SMILES string of the molecule is CC(=O)Nc1cccc(Nc2cncc(C(=O)NCc3ccccc3Cl)c2)c1. The number of nitrogens with one attached hydrogen (secondary N) is 3. The van der Waals surface area contributed by atoms with Crippen LogP contribution in [-0.4, -0.2) is 16.8 Å². The van der Waals surface area contributed by atoms with Gasteiger partial charge in [-0.1, -0.05) is 35.9 Å². The number of amides is 2. The van der Waals surface area contributed by atoms with Gasteiger partial charge in [-0.25, -0.2) is 0 Å². The van der Waals surface area contributed by atoms with Crippen LogP contribution in [0.5, 0.6) is 0 Å². The summed E-state index contributed by atoms with van der Waals surface area (Å²) in [5, 5.41) is 9.35. The van der Waals surface area contributed by atoms with E-state index in [1.807, 2.05) is 30.3 Å². The van der Waals surface area contributed by atoms with Gasteiger partial charge >= 0.3 is 0 Å². The molecule has 28 heavy (non-hydrogen) atoms. The summed E-state index contributed by atoms with van der Waals surface area (Å²) in [5.74, 6) is -0.390. The minimum Gasteiger partial charge on any atom is -0.354 e. The summed E-state index contributed by atoms with van der Waals surface area (Å²) in [6.45, 7) is 1.78. The number of aromatic nitrogens is 1. The van der Waals surface area contributed by atoms with E-state index in [0.717, 1.165) is 11.3 Å². The summed E-state index contributed by atoms with van der Waals surface area (Å²) >= 11 is 6.11. The smallest absolute Gasteiger partial charge is 0.253 e. The molecule has 1 heterocycles. The van der Waals surface area contributed by atoms with Crippen LogP contribution in [0.15, 0.2) is 67.0 Å². The Morgan fingerprint density at radius 2 is 1.75 bits per heavy atom. The third kappa shape index (κ3) is 5.31. The molecule has 7 heteroatoms. The highest BCUT2D eigenvalue weighted by molar-refractivity contribution is 6.31. The summed E-state index contributed by atoms with van der Waals surface area (Å²) in [7, 11) is 0. The van der Waals surface area contributed by atoms with Crippen molar-refractivity contribution in [3.8, 4) is 0 Å². The molecular formula is C21H19ClN4O2. The number of carbonyl (C=O) groups is 2. The molecule has 3 rings (SSSR count). The number of pyridine rings is 1. The van der Waals surface area contributed by atoms with Gasteiger partial charge in [0.1, 0.15) is 0 Å². The number of benzene rings is 2. The van der Waals surface area contributed by atoms with E-state index in [2.05, 4.69) is 20.9 Å². The van der Waals surface area contributed by atoms with Crippen LogP contribution in [-0.2, 0) is 11.3 Å². The van der Waals surface area contributed by atoms with Gasteiger partial charge in [0.05, 0.1) is 17.4 Å². The van der Waals surface area contributed by atoms with Crippen molar-refractivity contribution >= 4 is 40.5 Å². The van der Waals surface area contributed by atoms with Crippen molar-refractivity contribution in [1.29, 1.82) is 0 Å². The van der Waals surface area contributed by atoms with Crippen molar-refractivity contribution in [2.45, 2.75) is 13.5 Å². The molecule has 1 aromatic heterocycles. The Labute approximate surface area is 168 Å². The van der Waals surface area contributed by atoms with Gasteiger partial charge in [-0.2, -0.15) is 0 Å². The third-order valence-electron chi connectivity index (χ3n) is 3.87. The molecule has 0 saturated heterocycles. The molecular weight excluding hydrogens is 376 g/mol. The van der Waals surface area contributed by atoms with Gasteiger partial charge < -0.3 is 16.0 Å². The first-order valence-electron chi connectivity index (χ1n) is 8.62. The van der Waals surface area contributed by atoms with Crippen LogP contribution in [0.25, 0.3) is 0 Å². The summed E-state index contributed by atoms with van der Waals surface area (Å²) in [6.07, 6.45) is 3.12. The highest BCUT2D eigenvalue weighted by atomic mass is 35.5. The molecule has 2 amide bonds. The summed E-state index contributed by atoms with van der Waals surface area (Å²) < 4.78 is 0. The molecule has 2 aromatic carbocycles. The predicted molar refractivity (Wildman–Crippen MR) is 111 cm³/mol. The Morgan fingerprint density at radius 1 is 0.964 bits per heavy atom. The zero-order valence-corrected chi connectivity index (χ0v) is 16.0. The van der Waals surface area contributed by atoms with Crippen molar-refractivity contribution < 1.29 is 9.59 Å². The Bertz CT molecular complexity index is 1010. The van der Waals surface area contributed by atoms with Crippen molar-refractivity contribution in [2.75, 3.05) is 10.6 Å². The van der Waals surface area contributed by atoms with Crippen LogP contribution in [0.4, 0.5) is 17.1 Å². The van der Waals surface area contributed by atoms with E-state index in [1.165, 1.54) is 13.1 Å². The van der Waals surface area contributed by atoms with E-state index in [9.17, 15) is 9.59 Å². The molecule has 6 nitrogen and oxygen atoms in total. The van der Waals surface area contributed by atoms with Crippen LogP contribution in [0.3, 0.4) is 0 Å². The van der Waals surface area contributed by atoms with Gasteiger partial charge in [-0.15, -0.1) is 0 Å². The van der Waals surface area contributed by atoms with Crippen LogP contribution >= 0.6 is 11.6 Å². The molecule has 0 unspecified atom stereocenters. The summed E-state index contributed by atoms with van der Waals surface area (Å²) in [6, 6.07) is 16.3. The largest absolute Gasteiger partial charge is 0.354 e. The number of hydrogen-bond acceptors (Lipinski definition) is 4. The number of hydrogen-bond donors (Lipinski definition) is 3. The molecule has 0 radical (unpaired) electrons. The van der Waals surface area contributed by atoms with E-state index >= 15 is 0 Å². The average molecular weight is 395 g/mol. The lowest BCUT2D eigenvalue weighted by molar-refractivity contribution is -0.114. The van der Waals surface area contributed by atoms with E-state index in [4.69, 9.17) is 11.6 Å². The van der Waals surface area contributed by atoms with Crippen molar-refractivity contribution in [2.24, 2.45) is 0 Å². The lowest BCUT2D eigenvalue weighted by atomic mass is 10.2. The van der Waals surface area contributed by atoms with E-state index in [0.29, 0.717) is 28.5 Å². The number of carbonyl (C=O) groups excluding carboxylic acids is 2. The zero-order valence-electron chi connectivity index (χ0n) is 15.2. The molecule has 0 spiro atoms. The Morgan fingerprint density at radius 3 is 2.54 bits per heavy atom. The molecule has 3 N–H and O–H groups in total. The minimum atomic E-state index is -0.247. The zero-order chi connectivity index (χ0) is 19.9. The van der Waals surface area contributed by atoms with Crippen molar-refractivity contribution in [3.05, 3.63) is 83.1 Å². The van der Waals surface area contributed by atoms with Gasteiger partial charge in [0.25, 0.3) is 5.91 Å². The maximum atomic E-state index is 12.4. The second-order valence-corrected chi connectivity index (χ2v) is 6.53. The first kappa shape index (κ1) is 19.4.